The summed E-state index contributed by atoms with van der Waals surface area (Å²) in [5.41, 5.74) is 0. The average molecular weight is 260 g/mol. The molecule has 0 aliphatic heterocycles. The highest BCUT2D eigenvalue weighted by molar-refractivity contribution is 7.86. The number of rotatable bonds is 6. The summed E-state index contributed by atoms with van der Waals surface area (Å²) in [6.07, 6.45) is -7.88. The van der Waals surface area contributed by atoms with Crippen LogP contribution < -0.4 is 5.14 Å². The fourth-order valence-corrected chi connectivity index (χ4v) is 1.24. The van der Waals surface area contributed by atoms with Crippen molar-refractivity contribution in [2.24, 2.45) is 5.14 Å². The molecule has 16 heavy (non-hydrogen) atoms. The molecular weight excluding hydrogens is 244 g/mol. The van der Waals surface area contributed by atoms with Gasteiger partial charge in [-0.05, 0) is 0 Å². The van der Waals surface area contributed by atoms with Crippen LogP contribution in [0.1, 0.15) is 0 Å². The van der Waals surface area contributed by atoms with Gasteiger partial charge < -0.3 is 25.5 Å². The molecule has 3 atom stereocenters. The fourth-order valence-electron chi connectivity index (χ4n) is 0.879. The molecule has 0 aromatic rings. The minimum Gasteiger partial charge on any atom is -0.389 e. The maximum atomic E-state index is 10.7. The third kappa shape index (κ3) is 4.67. The maximum absolute atomic E-state index is 10.7. The quantitative estimate of drug-likeness (QED) is 0.262. The minimum atomic E-state index is -4.02. The summed E-state index contributed by atoms with van der Waals surface area (Å²) >= 11 is 0. The average Bonchev–Trinajstić information content (AvgIpc) is 2.13. The van der Waals surface area contributed by atoms with E-state index in [1.54, 1.807) is 0 Å². The van der Waals surface area contributed by atoms with Crippen LogP contribution in [0, 0.1) is 0 Å². The van der Waals surface area contributed by atoms with Crippen molar-refractivity contribution in [3.63, 3.8) is 0 Å². The van der Waals surface area contributed by atoms with Crippen molar-refractivity contribution < 1.29 is 34.0 Å². The third-order valence-corrected chi connectivity index (χ3v) is 2.95. The second-order valence-corrected chi connectivity index (χ2v) is 4.94. The van der Waals surface area contributed by atoms with E-state index in [4.69, 9.17) is 20.5 Å². The number of nitrogens with zero attached hydrogens (tertiary/aromatic N) is 1. The molecule has 98 valence electrons. The van der Waals surface area contributed by atoms with Crippen molar-refractivity contribution in [1.29, 1.82) is 0 Å². The van der Waals surface area contributed by atoms with Crippen molar-refractivity contribution >= 4 is 10.2 Å². The van der Waals surface area contributed by atoms with Gasteiger partial charge in [0, 0.05) is 13.6 Å². The van der Waals surface area contributed by atoms with Crippen LogP contribution in [-0.4, -0.2) is 76.5 Å². The lowest BCUT2D eigenvalue weighted by molar-refractivity contribution is -0.177. The molecule has 0 bridgehead atoms. The van der Waals surface area contributed by atoms with Crippen LogP contribution in [0.5, 0.6) is 0 Å². The van der Waals surface area contributed by atoms with Crippen LogP contribution >= 0.6 is 0 Å². The molecule has 7 N–H and O–H groups in total. The predicted octanol–water partition coefficient (Wildman–Crippen LogP) is -4.48. The van der Waals surface area contributed by atoms with Crippen LogP contribution in [0.2, 0.25) is 0 Å². The van der Waals surface area contributed by atoms with E-state index in [2.05, 4.69) is 0 Å². The summed E-state index contributed by atoms with van der Waals surface area (Å²) in [7, 11) is -2.97. The van der Waals surface area contributed by atoms with E-state index in [1.807, 2.05) is 0 Å². The van der Waals surface area contributed by atoms with Crippen LogP contribution in [0.3, 0.4) is 0 Å². The molecule has 3 unspecified atom stereocenters. The van der Waals surface area contributed by atoms with Gasteiger partial charge >= 0.3 is 0 Å². The molecule has 0 aromatic carbocycles. The lowest BCUT2D eigenvalue weighted by Gasteiger charge is -2.26. The van der Waals surface area contributed by atoms with Crippen LogP contribution in [0.15, 0.2) is 0 Å². The highest BCUT2D eigenvalue weighted by Crippen LogP contribution is 2.05. The molecule has 9 nitrogen and oxygen atoms in total. The number of aliphatic hydroxyl groups is 5. The third-order valence-electron chi connectivity index (χ3n) is 1.93. The maximum Gasteiger partial charge on any atom is 0.276 e. The molecule has 0 saturated heterocycles. The smallest absolute Gasteiger partial charge is 0.276 e. The molecule has 0 rings (SSSR count). The van der Waals surface area contributed by atoms with Crippen molar-refractivity contribution in [1.82, 2.24) is 4.31 Å². The van der Waals surface area contributed by atoms with E-state index in [9.17, 15) is 18.6 Å². The van der Waals surface area contributed by atoms with Gasteiger partial charge in [0.2, 0.25) is 0 Å². The Hall–Kier alpha value is -0.330. The van der Waals surface area contributed by atoms with Gasteiger partial charge in [-0.25, -0.2) is 5.14 Å². The minimum absolute atomic E-state index is 0.539. The molecule has 0 aliphatic rings. The van der Waals surface area contributed by atoms with Crippen molar-refractivity contribution in [3.05, 3.63) is 0 Å². The first-order chi connectivity index (χ1) is 7.07. The van der Waals surface area contributed by atoms with Gasteiger partial charge in [-0.15, -0.1) is 0 Å². The number of likely N-dealkylation sites (N-methyl/N-ethyl adjacent to an activating group) is 1. The van der Waals surface area contributed by atoms with Crippen LogP contribution in [0.25, 0.3) is 0 Å². The molecule has 0 saturated carbocycles. The van der Waals surface area contributed by atoms with Gasteiger partial charge in [-0.3, -0.25) is 0 Å². The van der Waals surface area contributed by atoms with Gasteiger partial charge in [0.1, 0.15) is 12.2 Å². The Morgan fingerprint density at radius 3 is 1.88 bits per heavy atom. The molecule has 0 heterocycles. The zero-order valence-corrected chi connectivity index (χ0v) is 9.32. The first-order valence-corrected chi connectivity index (χ1v) is 5.72. The van der Waals surface area contributed by atoms with Crippen molar-refractivity contribution in [2.75, 3.05) is 13.6 Å². The standard InChI is InChI=1S/C6H16N2O7S/c1-8(16(7,14)15)2-3(9)4(10)5(11)6(12)13/h3-6,9-13H,2H2,1H3,(H2,7,14,15). The molecular formula is C6H16N2O7S. The second-order valence-electron chi connectivity index (χ2n) is 3.29. The van der Waals surface area contributed by atoms with E-state index in [0.29, 0.717) is 4.31 Å². The first-order valence-electron chi connectivity index (χ1n) is 4.21. The Balaban J connectivity index is 4.42. The molecule has 0 amide bonds. The van der Waals surface area contributed by atoms with Gasteiger partial charge in [0.25, 0.3) is 10.2 Å². The molecule has 0 radical (unpaired) electrons. The van der Waals surface area contributed by atoms with E-state index in [0.717, 1.165) is 7.05 Å². The lowest BCUT2D eigenvalue weighted by Crippen LogP contribution is -2.49. The molecule has 0 fully saturated rings. The summed E-state index contributed by atoms with van der Waals surface area (Å²) < 4.78 is 22.0. The van der Waals surface area contributed by atoms with E-state index < -0.39 is 41.4 Å². The Morgan fingerprint density at radius 2 is 1.56 bits per heavy atom. The molecule has 0 aromatic heterocycles. The summed E-state index contributed by atoms with van der Waals surface area (Å²) in [5, 5.41) is 49.2. The molecule has 10 heteroatoms. The van der Waals surface area contributed by atoms with E-state index in [-0.39, 0.29) is 0 Å². The molecule has 0 aliphatic carbocycles. The normalized spacial score (nSPS) is 18.8. The number of hydrogen-bond donors (Lipinski definition) is 6. The lowest BCUT2D eigenvalue weighted by atomic mass is 10.1. The van der Waals surface area contributed by atoms with Crippen molar-refractivity contribution in [3.8, 4) is 0 Å². The van der Waals surface area contributed by atoms with Crippen molar-refractivity contribution in [2.45, 2.75) is 24.6 Å². The zero-order valence-electron chi connectivity index (χ0n) is 8.50. The summed E-state index contributed by atoms with van der Waals surface area (Å²) in [6.45, 7) is -0.593. The first kappa shape index (κ1) is 15.7. The van der Waals surface area contributed by atoms with E-state index >= 15 is 0 Å². The topological polar surface area (TPSA) is 165 Å². The Bertz CT molecular complexity index is 306. The number of hydrogen-bond acceptors (Lipinski definition) is 7. The highest BCUT2D eigenvalue weighted by Gasteiger charge is 2.31. The second kappa shape index (κ2) is 5.84. The van der Waals surface area contributed by atoms with Crippen LogP contribution in [-0.2, 0) is 10.2 Å². The highest BCUT2D eigenvalue weighted by atomic mass is 32.2. The monoisotopic (exact) mass is 260 g/mol. The van der Waals surface area contributed by atoms with E-state index in [1.165, 1.54) is 0 Å². The van der Waals surface area contributed by atoms with Gasteiger partial charge in [-0.1, -0.05) is 0 Å². The Morgan fingerprint density at radius 1 is 1.12 bits per heavy atom. The number of nitrogens with two attached hydrogens (primary N) is 1. The number of aliphatic hydroxyl groups excluding tert-OH is 4. The van der Waals surface area contributed by atoms with Gasteiger partial charge in [-0.2, -0.15) is 12.7 Å². The summed E-state index contributed by atoms with van der Waals surface area (Å²) in [6, 6.07) is 0. The summed E-state index contributed by atoms with van der Waals surface area (Å²) in [4.78, 5) is 0. The Labute approximate surface area is 92.5 Å². The largest absolute Gasteiger partial charge is 0.389 e. The SMILES string of the molecule is CN(CC(O)C(O)C(O)C(O)O)S(N)(=O)=O. The predicted molar refractivity (Wildman–Crippen MR) is 52.0 cm³/mol. The van der Waals surface area contributed by atoms with Gasteiger partial charge in [0.05, 0.1) is 6.10 Å². The van der Waals surface area contributed by atoms with Crippen LogP contribution in [0.4, 0.5) is 0 Å². The summed E-state index contributed by atoms with van der Waals surface area (Å²) in [5.74, 6) is 0. The fraction of sp³-hybridized carbons (Fsp3) is 1.00. The Kier molecular flexibility index (Phi) is 5.72. The zero-order chi connectivity index (χ0) is 13.1. The molecule has 0 spiro atoms. The van der Waals surface area contributed by atoms with Gasteiger partial charge in [0.15, 0.2) is 6.29 Å².